The Bertz CT molecular complexity index is 721. The molecule has 3 aromatic rings. The summed E-state index contributed by atoms with van der Waals surface area (Å²) in [4.78, 5) is 0. The lowest BCUT2D eigenvalue weighted by Crippen LogP contribution is -1.93. The Morgan fingerprint density at radius 3 is 2.74 bits per heavy atom. The van der Waals surface area contributed by atoms with Crippen LogP contribution in [-0.4, -0.2) is 0 Å². The second-order valence-electron chi connectivity index (χ2n) is 4.12. The molecule has 0 unspecified atom stereocenters. The standard InChI is InChI=1S/C15H10ClFO2/c16-14-6-1-3-10-7-13(19-15(10)14)9-18-12-5-2-4-11(17)8-12/h1-8H,9H2. The molecule has 0 radical (unpaired) electrons. The first kappa shape index (κ1) is 12.1. The average Bonchev–Trinajstić information content (AvgIpc) is 2.81. The van der Waals surface area contributed by atoms with Gasteiger partial charge in [0.2, 0.25) is 0 Å². The summed E-state index contributed by atoms with van der Waals surface area (Å²) >= 11 is 6.02. The molecule has 2 nitrogen and oxygen atoms in total. The van der Waals surface area contributed by atoms with Crippen molar-refractivity contribution in [3.63, 3.8) is 0 Å². The molecule has 4 heteroatoms. The van der Waals surface area contributed by atoms with E-state index in [0.29, 0.717) is 22.1 Å². The van der Waals surface area contributed by atoms with E-state index in [1.54, 1.807) is 18.2 Å². The summed E-state index contributed by atoms with van der Waals surface area (Å²) < 4.78 is 24.1. The van der Waals surface area contributed by atoms with Crippen LogP contribution in [0, 0.1) is 5.82 Å². The van der Waals surface area contributed by atoms with Gasteiger partial charge in [-0.2, -0.15) is 0 Å². The summed E-state index contributed by atoms with van der Waals surface area (Å²) in [7, 11) is 0. The van der Waals surface area contributed by atoms with Gasteiger partial charge in [-0.05, 0) is 24.3 Å². The van der Waals surface area contributed by atoms with E-state index in [1.165, 1.54) is 12.1 Å². The Hall–Kier alpha value is -2.00. The SMILES string of the molecule is Fc1cccc(OCc2cc3cccc(Cl)c3o2)c1. The van der Waals surface area contributed by atoms with Gasteiger partial charge in [0.1, 0.15) is 23.9 Å². The molecule has 0 spiro atoms. The number of hydrogen-bond acceptors (Lipinski definition) is 2. The van der Waals surface area contributed by atoms with Crippen molar-refractivity contribution in [3.05, 3.63) is 65.1 Å². The molecule has 0 aliphatic rings. The topological polar surface area (TPSA) is 22.4 Å². The number of hydrogen-bond donors (Lipinski definition) is 0. The van der Waals surface area contributed by atoms with Crippen molar-refractivity contribution in [2.75, 3.05) is 0 Å². The average molecular weight is 277 g/mol. The van der Waals surface area contributed by atoms with Crippen LogP contribution in [0.15, 0.2) is 52.9 Å². The number of halogens is 2. The molecular weight excluding hydrogens is 267 g/mol. The number of fused-ring (bicyclic) bond motifs is 1. The zero-order valence-electron chi connectivity index (χ0n) is 9.90. The first-order valence-corrected chi connectivity index (χ1v) is 6.15. The Kier molecular flexibility index (Phi) is 3.13. The molecule has 0 fully saturated rings. The molecule has 0 aliphatic carbocycles. The summed E-state index contributed by atoms with van der Waals surface area (Å²) in [6.07, 6.45) is 0. The lowest BCUT2D eigenvalue weighted by Gasteiger charge is -2.03. The van der Waals surface area contributed by atoms with Crippen LogP contribution in [-0.2, 0) is 6.61 Å². The van der Waals surface area contributed by atoms with Crippen molar-refractivity contribution < 1.29 is 13.5 Å². The number of furan rings is 1. The zero-order valence-corrected chi connectivity index (χ0v) is 10.7. The minimum absolute atomic E-state index is 0.231. The molecule has 0 N–H and O–H groups in total. The molecule has 0 bridgehead atoms. The highest BCUT2D eigenvalue weighted by Gasteiger charge is 2.07. The summed E-state index contributed by atoms with van der Waals surface area (Å²) in [5, 5.41) is 1.49. The second-order valence-corrected chi connectivity index (χ2v) is 4.52. The Balaban J connectivity index is 1.80. The van der Waals surface area contributed by atoms with Gasteiger partial charge in [0.05, 0.1) is 5.02 Å². The third-order valence-electron chi connectivity index (χ3n) is 2.72. The Morgan fingerprint density at radius 1 is 1.11 bits per heavy atom. The summed E-state index contributed by atoms with van der Waals surface area (Å²) in [5.74, 6) is 0.782. The fourth-order valence-electron chi connectivity index (χ4n) is 1.86. The van der Waals surface area contributed by atoms with Crippen LogP contribution in [0.2, 0.25) is 5.02 Å². The largest absolute Gasteiger partial charge is 0.486 e. The Morgan fingerprint density at radius 2 is 1.95 bits per heavy atom. The number of rotatable bonds is 3. The number of ether oxygens (including phenoxy) is 1. The van der Waals surface area contributed by atoms with Crippen molar-refractivity contribution in [2.24, 2.45) is 0 Å². The van der Waals surface area contributed by atoms with Crippen molar-refractivity contribution in [1.29, 1.82) is 0 Å². The summed E-state index contributed by atoms with van der Waals surface area (Å²) in [5.41, 5.74) is 0.641. The molecule has 3 rings (SSSR count). The van der Waals surface area contributed by atoms with E-state index in [2.05, 4.69) is 0 Å². The van der Waals surface area contributed by atoms with Crippen LogP contribution in [0.5, 0.6) is 5.75 Å². The fraction of sp³-hybridized carbons (Fsp3) is 0.0667. The maximum absolute atomic E-state index is 13.0. The number of para-hydroxylation sites is 1. The van der Waals surface area contributed by atoms with Crippen molar-refractivity contribution >= 4 is 22.6 Å². The maximum Gasteiger partial charge on any atom is 0.153 e. The van der Waals surface area contributed by atoms with Gasteiger partial charge < -0.3 is 9.15 Å². The highest BCUT2D eigenvalue weighted by molar-refractivity contribution is 6.34. The van der Waals surface area contributed by atoms with E-state index >= 15 is 0 Å². The van der Waals surface area contributed by atoms with Gasteiger partial charge in [0, 0.05) is 11.5 Å². The summed E-state index contributed by atoms with van der Waals surface area (Å²) in [6.45, 7) is 0.231. The van der Waals surface area contributed by atoms with Gasteiger partial charge in [0.15, 0.2) is 5.58 Å². The summed E-state index contributed by atoms with van der Waals surface area (Å²) in [6, 6.07) is 13.4. The predicted octanol–water partition coefficient (Wildman–Crippen LogP) is 4.80. The fourth-order valence-corrected chi connectivity index (χ4v) is 2.08. The molecule has 2 aromatic carbocycles. The molecule has 96 valence electrons. The minimum atomic E-state index is -0.329. The van der Waals surface area contributed by atoms with Gasteiger partial charge in [-0.1, -0.05) is 29.8 Å². The quantitative estimate of drug-likeness (QED) is 0.685. The molecule has 0 saturated heterocycles. The van der Waals surface area contributed by atoms with Crippen LogP contribution in [0.1, 0.15) is 5.76 Å². The third kappa shape index (κ3) is 2.56. The Labute approximate surface area is 114 Å². The van der Waals surface area contributed by atoms with Gasteiger partial charge in [-0.3, -0.25) is 0 Å². The zero-order chi connectivity index (χ0) is 13.2. The van der Waals surface area contributed by atoms with E-state index in [0.717, 1.165) is 5.39 Å². The van der Waals surface area contributed by atoms with Crippen molar-refractivity contribution in [3.8, 4) is 5.75 Å². The molecule has 19 heavy (non-hydrogen) atoms. The minimum Gasteiger partial charge on any atom is -0.486 e. The van der Waals surface area contributed by atoms with Crippen LogP contribution in [0.4, 0.5) is 4.39 Å². The molecule has 1 aromatic heterocycles. The van der Waals surface area contributed by atoms with Gasteiger partial charge >= 0.3 is 0 Å². The molecular formula is C15H10ClFO2. The van der Waals surface area contributed by atoms with E-state index in [4.69, 9.17) is 20.8 Å². The van der Waals surface area contributed by atoms with Gasteiger partial charge in [-0.25, -0.2) is 4.39 Å². The van der Waals surface area contributed by atoms with E-state index in [-0.39, 0.29) is 12.4 Å². The lowest BCUT2D eigenvalue weighted by atomic mass is 10.2. The molecule has 0 saturated carbocycles. The van der Waals surface area contributed by atoms with E-state index in [9.17, 15) is 4.39 Å². The van der Waals surface area contributed by atoms with Crippen LogP contribution >= 0.6 is 11.6 Å². The van der Waals surface area contributed by atoms with Crippen LogP contribution in [0.25, 0.3) is 11.0 Å². The highest BCUT2D eigenvalue weighted by Crippen LogP contribution is 2.27. The number of benzene rings is 2. The molecule has 1 heterocycles. The molecule has 0 amide bonds. The monoisotopic (exact) mass is 276 g/mol. The van der Waals surface area contributed by atoms with E-state index in [1.807, 2.05) is 18.2 Å². The van der Waals surface area contributed by atoms with Crippen LogP contribution in [0.3, 0.4) is 0 Å². The third-order valence-corrected chi connectivity index (χ3v) is 3.02. The molecule has 0 aliphatic heterocycles. The van der Waals surface area contributed by atoms with Crippen LogP contribution < -0.4 is 4.74 Å². The van der Waals surface area contributed by atoms with Crippen molar-refractivity contribution in [1.82, 2.24) is 0 Å². The first-order chi connectivity index (χ1) is 9.22. The predicted molar refractivity (Wildman–Crippen MR) is 72.0 cm³/mol. The van der Waals surface area contributed by atoms with Crippen molar-refractivity contribution in [2.45, 2.75) is 6.61 Å². The molecule has 0 atom stereocenters. The normalized spacial score (nSPS) is 10.8. The van der Waals surface area contributed by atoms with Gasteiger partial charge in [-0.15, -0.1) is 0 Å². The maximum atomic E-state index is 13.0. The van der Waals surface area contributed by atoms with E-state index < -0.39 is 0 Å². The lowest BCUT2D eigenvalue weighted by molar-refractivity contribution is 0.273. The van der Waals surface area contributed by atoms with Gasteiger partial charge in [0.25, 0.3) is 0 Å². The smallest absolute Gasteiger partial charge is 0.153 e. The highest BCUT2D eigenvalue weighted by atomic mass is 35.5. The first-order valence-electron chi connectivity index (χ1n) is 5.78. The second kappa shape index (κ2) is 4.94.